The molecule has 0 atom stereocenters. The van der Waals surface area contributed by atoms with Crippen LogP contribution in [0.15, 0.2) is 24.3 Å². The average Bonchev–Trinajstić information content (AvgIpc) is 2.76. The summed E-state index contributed by atoms with van der Waals surface area (Å²) in [6.07, 6.45) is 0. The van der Waals surface area contributed by atoms with E-state index in [0.29, 0.717) is 22.8 Å². The van der Waals surface area contributed by atoms with Crippen molar-refractivity contribution in [2.75, 3.05) is 7.11 Å². The zero-order valence-corrected chi connectivity index (χ0v) is 10.1. The van der Waals surface area contributed by atoms with E-state index in [1.807, 2.05) is 24.3 Å². The van der Waals surface area contributed by atoms with Crippen molar-refractivity contribution in [2.45, 2.75) is 6.61 Å². The van der Waals surface area contributed by atoms with E-state index in [4.69, 9.17) is 21.1 Å². The lowest BCUT2D eigenvalue weighted by molar-refractivity contribution is 0.298. The first-order valence-corrected chi connectivity index (χ1v) is 5.68. The monoisotopic (exact) mass is 256 g/mol. The largest absolute Gasteiger partial charge is 0.466 e. The number of aromatic nitrogens is 2. The third kappa shape index (κ3) is 2.62. The second-order valence-corrected chi connectivity index (χ2v) is 4.05. The van der Waals surface area contributed by atoms with Crippen LogP contribution >= 0.6 is 23.1 Å². The minimum absolute atomic E-state index is 0.319. The van der Waals surface area contributed by atoms with Crippen LogP contribution in [0.2, 0.25) is 5.02 Å². The Kier molecular flexibility index (Phi) is 3.58. The molecule has 1 heterocycles. The van der Waals surface area contributed by atoms with Crippen molar-refractivity contribution in [1.29, 1.82) is 0 Å². The quantitative estimate of drug-likeness (QED) is 0.844. The minimum Gasteiger partial charge on any atom is -0.466 e. The lowest BCUT2D eigenvalue weighted by Gasteiger charge is -2.03. The van der Waals surface area contributed by atoms with Crippen LogP contribution in [-0.2, 0) is 6.61 Å². The summed E-state index contributed by atoms with van der Waals surface area (Å²) >= 11 is 7.13. The minimum atomic E-state index is 0.319. The zero-order chi connectivity index (χ0) is 11.4. The van der Waals surface area contributed by atoms with Gasteiger partial charge in [0, 0.05) is 22.1 Å². The summed E-state index contributed by atoms with van der Waals surface area (Å²) in [5, 5.41) is 1.15. The molecule has 0 amide bonds. The topological polar surface area (TPSA) is 44.2 Å². The highest BCUT2D eigenvalue weighted by atomic mass is 35.5. The average molecular weight is 257 g/mol. The first-order chi connectivity index (χ1) is 7.79. The van der Waals surface area contributed by atoms with Crippen molar-refractivity contribution in [3.8, 4) is 11.2 Å². The zero-order valence-electron chi connectivity index (χ0n) is 8.51. The van der Waals surface area contributed by atoms with Crippen LogP contribution in [0.3, 0.4) is 0 Å². The third-order valence-electron chi connectivity index (χ3n) is 1.88. The van der Waals surface area contributed by atoms with E-state index >= 15 is 0 Å². The molecule has 1 aromatic carbocycles. The lowest BCUT2D eigenvalue weighted by Crippen LogP contribution is -1.95. The fraction of sp³-hybridized carbons (Fsp3) is 0.200. The van der Waals surface area contributed by atoms with Crippen molar-refractivity contribution in [1.82, 2.24) is 9.36 Å². The highest BCUT2D eigenvalue weighted by molar-refractivity contribution is 7.07. The molecule has 0 saturated carbocycles. The van der Waals surface area contributed by atoms with Gasteiger partial charge in [-0.1, -0.05) is 29.8 Å². The Balaban J connectivity index is 1.99. The fourth-order valence-electron chi connectivity index (χ4n) is 1.09. The number of halogens is 1. The molecule has 0 aliphatic heterocycles. The van der Waals surface area contributed by atoms with E-state index in [9.17, 15) is 0 Å². The number of ether oxygens (including phenoxy) is 2. The van der Waals surface area contributed by atoms with Gasteiger partial charge in [-0.15, -0.1) is 9.36 Å². The first-order valence-electron chi connectivity index (χ1n) is 4.53. The number of hydrogen-bond donors (Lipinski definition) is 0. The molecule has 1 aromatic heterocycles. The number of rotatable bonds is 4. The van der Waals surface area contributed by atoms with E-state index in [-0.39, 0.29) is 0 Å². The third-order valence-corrected chi connectivity index (χ3v) is 2.86. The molecule has 0 unspecified atom stereocenters. The predicted octanol–water partition coefficient (Wildman–Crippen LogP) is 2.78. The van der Waals surface area contributed by atoms with Gasteiger partial charge in [-0.05, 0) is 6.07 Å². The van der Waals surface area contributed by atoms with Gasteiger partial charge in [-0.25, -0.2) is 0 Å². The molecule has 0 aliphatic carbocycles. The molecule has 6 heteroatoms. The molecule has 0 bridgehead atoms. The molecular formula is C10H9ClN2O2S. The SMILES string of the molecule is COc1nsc(OCc2ccccc2Cl)n1. The van der Waals surface area contributed by atoms with Crippen molar-refractivity contribution >= 4 is 23.1 Å². The summed E-state index contributed by atoms with van der Waals surface area (Å²) in [5.41, 5.74) is 0.915. The van der Waals surface area contributed by atoms with Gasteiger partial charge >= 0.3 is 6.01 Å². The molecule has 0 fully saturated rings. The normalized spacial score (nSPS) is 10.1. The van der Waals surface area contributed by atoms with Crippen molar-refractivity contribution in [3.63, 3.8) is 0 Å². The van der Waals surface area contributed by atoms with Crippen LogP contribution in [0.4, 0.5) is 0 Å². The van der Waals surface area contributed by atoms with Crippen molar-refractivity contribution < 1.29 is 9.47 Å². The van der Waals surface area contributed by atoms with Gasteiger partial charge in [0.2, 0.25) is 0 Å². The van der Waals surface area contributed by atoms with Gasteiger partial charge < -0.3 is 9.47 Å². The van der Waals surface area contributed by atoms with E-state index in [0.717, 1.165) is 17.1 Å². The molecule has 0 radical (unpaired) electrons. The molecular weight excluding hydrogens is 248 g/mol. The van der Waals surface area contributed by atoms with Crippen LogP contribution in [0.1, 0.15) is 5.56 Å². The van der Waals surface area contributed by atoms with Crippen molar-refractivity contribution in [3.05, 3.63) is 34.9 Å². The van der Waals surface area contributed by atoms with Gasteiger partial charge in [0.05, 0.1) is 7.11 Å². The number of nitrogens with zero attached hydrogens (tertiary/aromatic N) is 2. The Morgan fingerprint density at radius 2 is 2.19 bits per heavy atom. The van der Waals surface area contributed by atoms with E-state index < -0.39 is 0 Å². The Labute approximate surface area is 102 Å². The summed E-state index contributed by atoms with van der Waals surface area (Å²) < 4.78 is 14.2. The molecule has 0 spiro atoms. The standard InChI is InChI=1S/C10H9ClN2O2S/c1-14-9-12-10(16-13-9)15-6-7-4-2-3-5-8(7)11/h2-5H,6H2,1H3. The first kappa shape index (κ1) is 11.2. The maximum absolute atomic E-state index is 5.99. The van der Waals surface area contributed by atoms with Crippen LogP contribution < -0.4 is 9.47 Å². The van der Waals surface area contributed by atoms with Crippen LogP contribution in [0, 0.1) is 0 Å². The van der Waals surface area contributed by atoms with E-state index in [1.165, 1.54) is 7.11 Å². The predicted molar refractivity (Wildman–Crippen MR) is 62.2 cm³/mol. The molecule has 0 N–H and O–H groups in total. The van der Waals surface area contributed by atoms with Gasteiger partial charge in [0.1, 0.15) is 6.61 Å². The molecule has 4 nitrogen and oxygen atoms in total. The molecule has 2 rings (SSSR count). The highest BCUT2D eigenvalue weighted by Crippen LogP contribution is 2.21. The van der Waals surface area contributed by atoms with E-state index in [2.05, 4.69) is 9.36 Å². The van der Waals surface area contributed by atoms with Crippen LogP contribution in [-0.4, -0.2) is 16.5 Å². The maximum Gasteiger partial charge on any atom is 0.331 e. The van der Waals surface area contributed by atoms with Gasteiger partial charge in [-0.3, -0.25) is 0 Å². The molecule has 2 aromatic rings. The summed E-state index contributed by atoms with van der Waals surface area (Å²) in [6.45, 7) is 0.373. The smallest absolute Gasteiger partial charge is 0.331 e. The highest BCUT2D eigenvalue weighted by Gasteiger charge is 2.06. The van der Waals surface area contributed by atoms with Gasteiger partial charge in [-0.2, -0.15) is 0 Å². The van der Waals surface area contributed by atoms with E-state index in [1.54, 1.807) is 0 Å². The summed E-state index contributed by atoms with van der Waals surface area (Å²) in [6, 6.07) is 7.83. The summed E-state index contributed by atoms with van der Waals surface area (Å²) in [5.74, 6) is 0. The van der Waals surface area contributed by atoms with Crippen LogP contribution in [0.5, 0.6) is 11.2 Å². The molecule has 0 aliphatic rings. The maximum atomic E-state index is 5.99. The Hall–Kier alpha value is -1.33. The molecule has 16 heavy (non-hydrogen) atoms. The van der Waals surface area contributed by atoms with Crippen LogP contribution in [0.25, 0.3) is 0 Å². The summed E-state index contributed by atoms with van der Waals surface area (Å²) in [4.78, 5) is 3.99. The summed E-state index contributed by atoms with van der Waals surface area (Å²) in [7, 11) is 1.51. The number of benzene rings is 1. The fourth-order valence-corrected chi connectivity index (χ4v) is 1.79. The van der Waals surface area contributed by atoms with Gasteiger partial charge in [0.15, 0.2) is 0 Å². The Bertz CT molecular complexity index is 475. The van der Waals surface area contributed by atoms with Gasteiger partial charge in [0.25, 0.3) is 5.19 Å². The molecule has 0 saturated heterocycles. The van der Waals surface area contributed by atoms with Crippen molar-refractivity contribution in [2.24, 2.45) is 0 Å². The molecule has 84 valence electrons. The number of hydrogen-bond acceptors (Lipinski definition) is 5. The second kappa shape index (κ2) is 5.14. The lowest BCUT2D eigenvalue weighted by atomic mass is 10.2. The number of methoxy groups -OCH3 is 1. The Morgan fingerprint density at radius 3 is 2.88 bits per heavy atom. The Morgan fingerprint density at radius 1 is 1.38 bits per heavy atom. The second-order valence-electron chi connectivity index (χ2n) is 2.93.